The van der Waals surface area contributed by atoms with Crippen molar-refractivity contribution in [2.24, 2.45) is 19.8 Å². The molecule has 0 saturated carbocycles. The Morgan fingerprint density at radius 2 is 1.81 bits per heavy atom. The van der Waals surface area contributed by atoms with Gasteiger partial charge in [0, 0.05) is 21.2 Å². The number of rotatable bonds is 10. The van der Waals surface area contributed by atoms with E-state index in [1.165, 1.54) is 39.0 Å². The normalized spacial score (nSPS) is 10.9. The van der Waals surface area contributed by atoms with Crippen LogP contribution >= 0.6 is 11.3 Å². The number of anilines is 1. The average Bonchev–Trinajstić information content (AvgIpc) is 3.41. The minimum atomic E-state index is -0.871. The van der Waals surface area contributed by atoms with Gasteiger partial charge in [0.15, 0.2) is 17.8 Å². The van der Waals surface area contributed by atoms with Crippen molar-refractivity contribution in [1.82, 2.24) is 18.7 Å². The summed E-state index contributed by atoms with van der Waals surface area (Å²) in [6, 6.07) is 0. The number of hydrogen-bond acceptors (Lipinski definition) is 11. The molecule has 3 aromatic rings. The number of fused-ring (bicyclic) bond motifs is 1. The van der Waals surface area contributed by atoms with Gasteiger partial charge in [0.25, 0.3) is 17.4 Å². The topological polar surface area (TPSA) is 196 Å². The van der Waals surface area contributed by atoms with Gasteiger partial charge >= 0.3 is 17.6 Å². The van der Waals surface area contributed by atoms with E-state index in [-0.39, 0.29) is 45.4 Å². The van der Waals surface area contributed by atoms with Gasteiger partial charge in [-0.15, -0.1) is 11.3 Å². The monoisotopic (exact) mass is 536 g/mol. The predicted molar refractivity (Wildman–Crippen MR) is 130 cm³/mol. The van der Waals surface area contributed by atoms with Crippen molar-refractivity contribution >= 4 is 51.3 Å². The van der Waals surface area contributed by atoms with E-state index in [9.17, 15) is 28.8 Å². The van der Waals surface area contributed by atoms with Crippen molar-refractivity contribution in [3.05, 3.63) is 43.2 Å². The Hall–Kier alpha value is -4.31. The fourth-order valence-electron chi connectivity index (χ4n) is 3.38. The van der Waals surface area contributed by atoms with Crippen LogP contribution in [0.1, 0.15) is 25.6 Å². The Balaban J connectivity index is 1.71. The van der Waals surface area contributed by atoms with E-state index in [2.05, 4.69) is 10.3 Å². The van der Waals surface area contributed by atoms with Gasteiger partial charge in [-0.2, -0.15) is 0 Å². The van der Waals surface area contributed by atoms with Crippen LogP contribution in [0.15, 0.2) is 15.9 Å². The number of amides is 2. The van der Waals surface area contributed by atoms with E-state index >= 15 is 0 Å². The Kier molecular flexibility index (Phi) is 8.24. The van der Waals surface area contributed by atoms with Gasteiger partial charge in [-0.3, -0.25) is 28.3 Å². The molecule has 37 heavy (non-hydrogen) atoms. The van der Waals surface area contributed by atoms with E-state index in [1.807, 2.05) is 0 Å². The number of thiophene rings is 1. The standard InChI is InChI=1S/C21H24N6O9S/c1-10-13(20(32)35-6-5-34-4)18(37-15(10)16(22)30)24-11(28)8-36-12(29)7-27-9-23-17-14(27)19(31)26(3)21(33)25(17)2/h9H,5-8H2,1-4H3,(H2,22,30)(H,24,28). The molecule has 3 rings (SSSR count). The minimum absolute atomic E-state index is 0.000201. The Morgan fingerprint density at radius 1 is 1.11 bits per heavy atom. The van der Waals surface area contributed by atoms with E-state index < -0.39 is 48.2 Å². The molecule has 0 spiro atoms. The summed E-state index contributed by atoms with van der Waals surface area (Å²) in [5, 5.41) is 2.42. The number of hydrogen-bond donors (Lipinski definition) is 2. The van der Waals surface area contributed by atoms with Crippen LogP contribution in [0.2, 0.25) is 0 Å². The number of primary amides is 1. The maximum absolute atomic E-state index is 12.5. The molecule has 0 bridgehead atoms. The molecule has 3 aromatic heterocycles. The SMILES string of the molecule is COCCOC(=O)c1c(NC(=O)COC(=O)Cn2cnc3c2c(=O)n(C)c(=O)n3C)sc(C(N)=O)c1C. The van der Waals surface area contributed by atoms with E-state index in [1.54, 1.807) is 0 Å². The molecule has 198 valence electrons. The van der Waals surface area contributed by atoms with Crippen LogP contribution in [0.3, 0.4) is 0 Å². The van der Waals surface area contributed by atoms with Crippen molar-refractivity contribution in [3.63, 3.8) is 0 Å². The van der Waals surface area contributed by atoms with Crippen LogP contribution < -0.4 is 22.3 Å². The summed E-state index contributed by atoms with van der Waals surface area (Å²) in [6.07, 6.45) is 1.20. The summed E-state index contributed by atoms with van der Waals surface area (Å²) in [5.74, 6) is -3.26. The number of nitrogens with one attached hydrogen (secondary N) is 1. The first-order chi connectivity index (χ1) is 17.5. The average molecular weight is 537 g/mol. The van der Waals surface area contributed by atoms with Crippen LogP contribution in [0, 0.1) is 6.92 Å². The minimum Gasteiger partial charge on any atom is -0.460 e. The number of aromatic nitrogens is 4. The molecule has 0 fully saturated rings. The third-order valence-corrected chi connectivity index (χ3v) is 6.45. The number of imidazole rings is 1. The highest BCUT2D eigenvalue weighted by Gasteiger charge is 2.26. The maximum atomic E-state index is 12.5. The molecule has 3 heterocycles. The molecule has 3 N–H and O–H groups in total. The van der Waals surface area contributed by atoms with Gasteiger partial charge in [0.1, 0.15) is 18.2 Å². The summed E-state index contributed by atoms with van der Waals surface area (Å²) >= 11 is 0.779. The Labute approximate surface area is 212 Å². The van der Waals surface area contributed by atoms with E-state index in [4.69, 9.17) is 19.9 Å². The first-order valence-electron chi connectivity index (χ1n) is 10.6. The molecule has 0 aromatic carbocycles. The lowest BCUT2D eigenvalue weighted by Crippen LogP contribution is -2.37. The fourth-order valence-corrected chi connectivity index (χ4v) is 4.45. The Morgan fingerprint density at radius 3 is 2.46 bits per heavy atom. The number of aryl methyl sites for hydroxylation is 1. The quantitative estimate of drug-likeness (QED) is 0.237. The molecule has 16 heteroatoms. The lowest BCUT2D eigenvalue weighted by Gasteiger charge is -2.09. The molecule has 0 saturated heterocycles. The molecule has 0 aliphatic carbocycles. The summed E-state index contributed by atoms with van der Waals surface area (Å²) in [4.78, 5) is 77.6. The van der Waals surface area contributed by atoms with Crippen molar-refractivity contribution in [3.8, 4) is 0 Å². The fraction of sp³-hybridized carbons (Fsp3) is 0.381. The highest BCUT2D eigenvalue weighted by molar-refractivity contribution is 7.18. The molecular weight excluding hydrogens is 512 g/mol. The van der Waals surface area contributed by atoms with Crippen molar-refractivity contribution in [2.75, 3.05) is 32.2 Å². The Bertz CT molecular complexity index is 1510. The van der Waals surface area contributed by atoms with Crippen LogP contribution in [0.5, 0.6) is 0 Å². The number of esters is 2. The second-order valence-corrected chi connectivity index (χ2v) is 8.73. The van der Waals surface area contributed by atoms with Crippen molar-refractivity contribution in [2.45, 2.75) is 13.5 Å². The first-order valence-corrected chi connectivity index (χ1v) is 11.4. The second kappa shape index (κ2) is 11.2. The molecular formula is C21H24N6O9S. The lowest BCUT2D eigenvalue weighted by molar-refractivity contribution is -0.147. The summed E-state index contributed by atoms with van der Waals surface area (Å²) in [5.41, 5.74) is 4.40. The smallest absolute Gasteiger partial charge is 0.341 e. The maximum Gasteiger partial charge on any atom is 0.341 e. The number of ether oxygens (including phenoxy) is 3. The van der Waals surface area contributed by atoms with Crippen LogP contribution in [0.4, 0.5) is 5.00 Å². The van der Waals surface area contributed by atoms with Crippen molar-refractivity contribution in [1.29, 1.82) is 0 Å². The predicted octanol–water partition coefficient (Wildman–Crippen LogP) is -1.11. The third kappa shape index (κ3) is 5.59. The molecule has 2 amide bonds. The number of methoxy groups -OCH3 is 1. The zero-order valence-corrected chi connectivity index (χ0v) is 21.2. The van der Waals surface area contributed by atoms with Gasteiger partial charge in [-0.1, -0.05) is 0 Å². The van der Waals surface area contributed by atoms with Crippen LogP contribution in [-0.2, 0) is 44.4 Å². The largest absolute Gasteiger partial charge is 0.460 e. The van der Waals surface area contributed by atoms with E-state index in [0.717, 1.165) is 20.5 Å². The summed E-state index contributed by atoms with van der Waals surface area (Å²) < 4.78 is 18.1. The van der Waals surface area contributed by atoms with Gasteiger partial charge in [0.2, 0.25) is 0 Å². The van der Waals surface area contributed by atoms with Crippen LogP contribution in [0.25, 0.3) is 11.2 Å². The molecule has 0 unspecified atom stereocenters. The molecule has 0 atom stereocenters. The molecule has 0 aliphatic heterocycles. The van der Waals surface area contributed by atoms with Crippen molar-refractivity contribution < 1.29 is 33.4 Å². The van der Waals surface area contributed by atoms with Gasteiger partial charge in [0.05, 0.1) is 23.4 Å². The zero-order chi connectivity index (χ0) is 27.4. The lowest BCUT2D eigenvalue weighted by atomic mass is 10.1. The number of carbonyl (C=O) groups excluding carboxylic acids is 4. The molecule has 15 nitrogen and oxygen atoms in total. The summed E-state index contributed by atoms with van der Waals surface area (Å²) in [6.45, 7) is 0.376. The highest BCUT2D eigenvalue weighted by atomic mass is 32.1. The summed E-state index contributed by atoms with van der Waals surface area (Å²) in [7, 11) is 4.16. The highest BCUT2D eigenvalue weighted by Crippen LogP contribution is 2.33. The second-order valence-electron chi connectivity index (χ2n) is 7.71. The molecule has 0 aliphatic rings. The van der Waals surface area contributed by atoms with Crippen LogP contribution in [-0.4, -0.2) is 69.4 Å². The van der Waals surface area contributed by atoms with Gasteiger partial charge in [-0.05, 0) is 12.5 Å². The van der Waals surface area contributed by atoms with Gasteiger partial charge < -0.3 is 29.8 Å². The molecule has 0 radical (unpaired) electrons. The first kappa shape index (κ1) is 27.3. The van der Waals surface area contributed by atoms with Gasteiger partial charge in [-0.25, -0.2) is 14.6 Å². The number of carbonyl (C=O) groups is 4. The number of nitrogens with zero attached hydrogens (tertiary/aromatic N) is 4. The number of nitrogens with two attached hydrogens (primary N) is 1. The third-order valence-electron chi connectivity index (χ3n) is 5.23. The zero-order valence-electron chi connectivity index (χ0n) is 20.4. The van der Waals surface area contributed by atoms with E-state index in [0.29, 0.717) is 0 Å².